The van der Waals surface area contributed by atoms with Crippen molar-refractivity contribution in [1.29, 1.82) is 0 Å². The van der Waals surface area contributed by atoms with Gasteiger partial charge in [0.05, 0.1) is 0 Å². The zero-order chi connectivity index (χ0) is 14.1. The van der Waals surface area contributed by atoms with Crippen LogP contribution in [0.15, 0.2) is 0 Å². The average Bonchev–Trinajstić information content (AvgIpc) is 3.30. The van der Waals surface area contributed by atoms with E-state index >= 15 is 0 Å². The van der Waals surface area contributed by atoms with Crippen molar-refractivity contribution in [3.63, 3.8) is 0 Å². The molecule has 0 radical (unpaired) electrons. The minimum atomic E-state index is 0.836. The van der Waals surface area contributed by atoms with Gasteiger partial charge < -0.3 is 0 Å². The first-order valence-electron chi connectivity index (χ1n) is 10.4. The van der Waals surface area contributed by atoms with Gasteiger partial charge in [-0.1, -0.05) is 51.4 Å². The van der Waals surface area contributed by atoms with E-state index in [2.05, 4.69) is 0 Å². The van der Waals surface area contributed by atoms with Gasteiger partial charge in [-0.15, -0.1) is 0 Å². The lowest BCUT2D eigenvalue weighted by Crippen LogP contribution is -2.49. The smallest absolute Gasteiger partial charge is 0.0184 e. The Labute approximate surface area is 132 Å². The lowest BCUT2D eigenvalue weighted by atomic mass is 9.48. The van der Waals surface area contributed by atoms with Gasteiger partial charge in [-0.05, 0) is 80.5 Å². The van der Waals surface area contributed by atoms with Crippen LogP contribution < -0.4 is 0 Å². The molecule has 0 amide bonds. The highest BCUT2D eigenvalue weighted by molar-refractivity contribution is 5.07. The van der Waals surface area contributed by atoms with Crippen molar-refractivity contribution in [1.82, 2.24) is 0 Å². The molecule has 4 rings (SSSR count). The third-order valence-electron chi connectivity index (χ3n) is 7.97. The van der Waals surface area contributed by atoms with Crippen molar-refractivity contribution in [2.75, 3.05) is 0 Å². The van der Waals surface area contributed by atoms with Crippen LogP contribution >= 0.6 is 0 Å². The van der Waals surface area contributed by atoms with Crippen LogP contribution in [0.2, 0.25) is 0 Å². The molecule has 4 fully saturated rings. The van der Waals surface area contributed by atoms with E-state index in [1.54, 1.807) is 83.5 Å². The summed E-state index contributed by atoms with van der Waals surface area (Å²) in [6.07, 6.45) is 25.2. The van der Waals surface area contributed by atoms with E-state index in [0.29, 0.717) is 0 Å². The van der Waals surface area contributed by atoms with Crippen molar-refractivity contribution in [2.24, 2.45) is 29.1 Å². The molecule has 0 aromatic rings. The van der Waals surface area contributed by atoms with Crippen LogP contribution in [0, 0.1) is 29.1 Å². The predicted octanol–water partition coefficient (Wildman–Crippen LogP) is 6.73. The van der Waals surface area contributed by atoms with Gasteiger partial charge in [0.25, 0.3) is 0 Å². The quantitative estimate of drug-likeness (QED) is 0.503. The van der Waals surface area contributed by atoms with Gasteiger partial charge in [0.15, 0.2) is 0 Å². The lowest BCUT2D eigenvalue weighted by Gasteiger charge is -2.56. The van der Waals surface area contributed by atoms with E-state index in [1.807, 2.05) is 0 Å². The highest BCUT2D eigenvalue weighted by Crippen LogP contribution is 2.67. The van der Waals surface area contributed by atoms with Crippen molar-refractivity contribution >= 4 is 0 Å². The Balaban J connectivity index is 1.64. The van der Waals surface area contributed by atoms with E-state index in [1.165, 1.54) is 19.3 Å². The van der Waals surface area contributed by atoms with Crippen LogP contribution in [0.1, 0.15) is 103 Å². The second-order valence-electron chi connectivity index (χ2n) is 8.93. The molecule has 1 atom stereocenters. The first kappa shape index (κ1) is 14.6. The summed E-state index contributed by atoms with van der Waals surface area (Å²) >= 11 is 0. The van der Waals surface area contributed by atoms with Crippen LogP contribution in [0.3, 0.4) is 0 Å². The van der Waals surface area contributed by atoms with Crippen molar-refractivity contribution in [2.45, 2.75) is 103 Å². The third kappa shape index (κ3) is 2.59. The van der Waals surface area contributed by atoms with Crippen LogP contribution in [-0.4, -0.2) is 0 Å². The summed E-state index contributed by atoms with van der Waals surface area (Å²) in [7, 11) is 0. The third-order valence-corrected chi connectivity index (χ3v) is 7.97. The highest BCUT2D eigenvalue weighted by Gasteiger charge is 2.58. The summed E-state index contributed by atoms with van der Waals surface area (Å²) in [5.41, 5.74) is 0.836. The largest absolute Gasteiger partial charge is 0.0533 e. The van der Waals surface area contributed by atoms with E-state index in [9.17, 15) is 0 Å². The van der Waals surface area contributed by atoms with Crippen molar-refractivity contribution in [3.05, 3.63) is 0 Å². The van der Waals surface area contributed by atoms with Crippen molar-refractivity contribution in [3.8, 4) is 0 Å². The fourth-order valence-electron chi connectivity index (χ4n) is 6.87. The number of rotatable bonds is 4. The van der Waals surface area contributed by atoms with Gasteiger partial charge >= 0.3 is 0 Å². The number of hydrogen-bond acceptors (Lipinski definition) is 0. The monoisotopic (exact) mass is 288 g/mol. The summed E-state index contributed by atoms with van der Waals surface area (Å²) in [6, 6.07) is 0. The summed E-state index contributed by atoms with van der Waals surface area (Å²) < 4.78 is 0. The highest BCUT2D eigenvalue weighted by atomic mass is 14.6. The Morgan fingerprint density at radius 3 is 1.00 bits per heavy atom. The van der Waals surface area contributed by atoms with Gasteiger partial charge in [0.1, 0.15) is 0 Å². The molecule has 4 aliphatic rings. The summed E-state index contributed by atoms with van der Waals surface area (Å²) in [6.45, 7) is 0. The Morgan fingerprint density at radius 1 is 0.333 bits per heavy atom. The van der Waals surface area contributed by atoms with Gasteiger partial charge in [-0.2, -0.15) is 0 Å². The summed E-state index contributed by atoms with van der Waals surface area (Å²) in [4.78, 5) is 0. The van der Waals surface area contributed by atoms with E-state index in [4.69, 9.17) is 0 Å². The zero-order valence-electron chi connectivity index (χ0n) is 14.1. The molecule has 4 aliphatic carbocycles. The topological polar surface area (TPSA) is 0 Å². The summed E-state index contributed by atoms with van der Waals surface area (Å²) in [5, 5.41) is 0. The van der Waals surface area contributed by atoms with Gasteiger partial charge in [-0.3, -0.25) is 0 Å². The van der Waals surface area contributed by atoms with Crippen molar-refractivity contribution < 1.29 is 0 Å². The molecule has 0 bridgehead atoms. The van der Waals surface area contributed by atoms with E-state index < -0.39 is 0 Å². The van der Waals surface area contributed by atoms with Gasteiger partial charge in [-0.25, -0.2) is 0 Å². The Hall–Kier alpha value is 0. The molecule has 4 saturated carbocycles. The Kier molecular flexibility index (Phi) is 4.34. The Bertz CT molecular complexity index is 324. The van der Waals surface area contributed by atoms with E-state index in [0.717, 1.165) is 29.1 Å². The molecular weight excluding hydrogens is 252 g/mol. The molecule has 0 N–H and O–H groups in total. The fraction of sp³-hybridized carbons (Fsp3) is 1.00. The second-order valence-corrected chi connectivity index (χ2v) is 8.93. The molecule has 0 heterocycles. The first-order chi connectivity index (χ1) is 10.4. The van der Waals surface area contributed by atoms with Crippen LogP contribution in [0.4, 0.5) is 0 Å². The second kappa shape index (κ2) is 6.25. The van der Waals surface area contributed by atoms with Crippen LogP contribution in [0.5, 0.6) is 0 Å². The SMILES string of the molecule is C1CCCC(C(C2CCCCC2)(C2CCC2)C2CC2)CC1. The fourth-order valence-corrected chi connectivity index (χ4v) is 6.87. The maximum Gasteiger partial charge on any atom is -0.0184 e. The lowest BCUT2D eigenvalue weighted by molar-refractivity contribution is -0.0772. The number of hydrogen-bond donors (Lipinski definition) is 0. The molecule has 0 aliphatic heterocycles. The molecule has 1 unspecified atom stereocenters. The zero-order valence-corrected chi connectivity index (χ0v) is 14.1. The maximum atomic E-state index is 1.60. The molecule has 0 aromatic heterocycles. The van der Waals surface area contributed by atoms with Crippen LogP contribution in [-0.2, 0) is 0 Å². The molecule has 0 heteroatoms. The normalized spacial score (nSPS) is 33.1. The minimum Gasteiger partial charge on any atom is -0.0533 e. The molecule has 21 heavy (non-hydrogen) atoms. The predicted molar refractivity (Wildman–Crippen MR) is 90.3 cm³/mol. The summed E-state index contributed by atoms with van der Waals surface area (Å²) in [5.74, 6) is 4.57. The molecule has 0 aromatic carbocycles. The molecule has 0 spiro atoms. The standard InChI is InChI=1S/C21H36/c1-2-5-10-17(9-4-1)21(20-15-16-20,19-13-8-14-19)18-11-6-3-7-12-18/h17-20H,1-16H2. The minimum absolute atomic E-state index is 0.836. The molecule has 0 nitrogen and oxygen atoms in total. The maximum absolute atomic E-state index is 1.60. The van der Waals surface area contributed by atoms with Gasteiger partial charge in [0.2, 0.25) is 0 Å². The van der Waals surface area contributed by atoms with Crippen LogP contribution in [0.25, 0.3) is 0 Å². The molecule has 0 saturated heterocycles. The average molecular weight is 289 g/mol. The first-order valence-corrected chi connectivity index (χ1v) is 10.4. The Morgan fingerprint density at radius 2 is 0.667 bits per heavy atom. The van der Waals surface area contributed by atoms with Gasteiger partial charge in [0, 0.05) is 0 Å². The molecule has 120 valence electrons. The molecular formula is C21H36. The van der Waals surface area contributed by atoms with E-state index in [-0.39, 0.29) is 0 Å².